The van der Waals surface area contributed by atoms with Gasteiger partial charge in [0.05, 0.1) is 25.2 Å². The van der Waals surface area contributed by atoms with Crippen LogP contribution in [0.3, 0.4) is 0 Å². The number of rotatable bonds is 7. The first-order valence-electron chi connectivity index (χ1n) is 8.37. The molecule has 0 radical (unpaired) electrons. The molecule has 0 heterocycles. The lowest BCUT2D eigenvalue weighted by atomic mass is 10.1. The van der Waals surface area contributed by atoms with Crippen LogP contribution in [0.4, 0.5) is 0 Å². The summed E-state index contributed by atoms with van der Waals surface area (Å²) < 4.78 is 5.83. The van der Waals surface area contributed by atoms with Crippen molar-refractivity contribution in [2.75, 3.05) is 13.2 Å². The van der Waals surface area contributed by atoms with Crippen LogP contribution in [-0.2, 0) is 9.53 Å². The zero-order chi connectivity index (χ0) is 15.6. The minimum absolute atomic E-state index is 0.0907. The van der Waals surface area contributed by atoms with Crippen LogP contribution in [-0.4, -0.2) is 30.3 Å². The van der Waals surface area contributed by atoms with E-state index in [1.807, 2.05) is 30.3 Å². The standard InChI is InChI=1S/C18H27NO3/c20-17(15-8-4-3-5-9-15)14-18(21)19-12-13-22-16-10-6-1-2-7-11-16/h3-5,8-9,16-17,20H,1-2,6-7,10-14H2,(H,19,21). The Kier molecular flexibility index (Phi) is 7.40. The highest BCUT2D eigenvalue weighted by Gasteiger charge is 2.14. The van der Waals surface area contributed by atoms with Gasteiger partial charge in [-0.2, -0.15) is 0 Å². The van der Waals surface area contributed by atoms with Gasteiger partial charge in [-0.15, -0.1) is 0 Å². The first kappa shape index (κ1) is 17.0. The molecule has 1 aromatic rings. The molecule has 0 aromatic heterocycles. The van der Waals surface area contributed by atoms with E-state index in [9.17, 15) is 9.90 Å². The van der Waals surface area contributed by atoms with E-state index in [2.05, 4.69) is 5.32 Å². The summed E-state index contributed by atoms with van der Waals surface area (Å²) in [6, 6.07) is 9.26. The summed E-state index contributed by atoms with van der Waals surface area (Å²) in [6.45, 7) is 1.06. The van der Waals surface area contributed by atoms with Crippen LogP contribution in [0.15, 0.2) is 30.3 Å². The zero-order valence-electron chi connectivity index (χ0n) is 13.2. The van der Waals surface area contributed by atoms with Gasteiger partial charge in [-0.1, -0.05) is 56.0 Å². The number of benzene rings is 1. The Morgan fingerprint density at radius 3 is 2.55 bits per heavy atom. The SMILES string of the molecule is O=C(CC(O)c1ccccc1)NCCOC1CCCCCC1. The van der Waals surface area contributed by atoms with Gasteiger partial charge in [0.15, 0.2) is 0 Å². The first-order chi connectivity index (χ1) is 10.8. The number of carbonyl (C=O) groups excluding carboxylic acids is 1. The third-order valence-corrected chi connectivity index (χ3v) is 4.14. The van der Waals surface area contributed by atoms with Crippen molar-refractivity contribution in [1.29, 1.82) is 0 Å². The molecule has 0 aliphatic heterocycles. The average molecular weight is 305 g/mol. The third-order valence-electron chi connectivity index (χ3n) is 4.14. The summed E-state index contributed by atoms with van der Waals surface area (Å²) >= 11 is 0. The minimum atomic E-state index is -0.746. The second kappa shape index (κ2) is 9.59. The normalized spacial score (nSPS) is 17.7. The monoisotopic (exact) mass is 305 g/mol. The van der Waals surface area contributed by atoms with Crippen molar-refractivity contribution in [3.63, 3.8) is 0 Å². The molecule has 1 fully saturated rings. The topological polar surface area (TPSA) is 58.6 Å². The van der Waals surface area contributed by atoms with E-state index in [1.54, 1.807) is 0 Å². The Labute approximate surface area is 132 Å². The lowest BCUT2D eigenvalue weighted by molar-refractivity contribution is -0.123. The molecule has 1 unspecified atom stereocenters. The van der Waals surface area contributed by atoms with Crippen LogP contribution >= 0.6 is 0 Å². The van der Waals surface area contributed by atoms with Crippen LogP contribution in [0.1, 0.15) is 56.6 Å². The summed E-state index contributed by atoms with van der Waals surface area (Å²) in [5, 5.41) is 12.8. The summed E-state index contributed by atoms with van der Waals surface area (Å²) in [7, 11) is 0. The van der Waals surface area contributed by atoms with Crippen molar-refractivity contribution >= 4 is 5.91 Å². The molecular weight excluding hydrogens is 278 g/mol. The number of carbonyl (C=O) groups is 1. The van der Waals surface area contributed by atoms with Gasteiger partial charge in [0.1, 0.15) is 0 Å². The second-order valence-electron chi connectivity index (χ2n) is 5.96. The molecule has 1 atom stereocenters. The fraction of sp³-hybridized carbons (Fsp3) is 0.611. The van der Waals surface area contributed by atoms with Gasteiger partial charge in [0.25, 0.3) is 0 Å². The van der Waals surface area contributed by atoms with Crippen LogP contribution in [0.2, 0.25) is 0 Å². The van der Waals surface area contributed by atoms with Gasteiger partial charge in [0.2, 0.25) is 5.91 Å². The van der Waals surface area contributed by atoms with E-state index in [0.717, 1.165) is 18.4 Å². The van der Waals surface area contributed by atoms with Crippen molar-refractivity contribution < 1.29 is 14.6 Å². The highest BCUT2D eigenvalue weighted by atomic mass is 16.5. The number of ether oxygens (including phenoxy) is 1. The summed E-state index contributed by atoms with van der Waals surface area (Å²) in [4.78, 5) is 11.8. The molecule has 2 N–H and O–H groups in total. The molecule has 0 saturated heterocycles. The quantitative estimate of drug-likeness (QED) is 0.601. The zero-order valence-corrected chi connectivity index (χ0v) is 13.2. The molecule has 122 valence electrons. The highest BCUT2D eigenvalue weighted by molar-refractivity contribution is 5.76. The number of aliphatic hydroxyl groups excluding tert-OH is 1. The molecular formula is C18H27NO3. The molecule has 0 spiro atoms. The molecule has 2 rings (SSSR count). The Morgan fingerprint density at radius 2 is 1.86 bits per heavy atom. The van der Waals surface area contributed by atoms with Crippen LogP contribution in [0, 0.1) is 0 Å². The Hall–Kier alpha value is -1.39. The Morgan fingerprint density at radius 1 is 1.18 bits per heavy atom. The van der Waals surface area contributed by atoms with Crippen molar-refractivity contribution in [3.8, 4) is 0 Å². The molecule has 1 aliphatic rings. The van der Waals surface area contributed by atoms with Gasteiger partial charge in [-0.25, -0.2) is 0 Å². The minimum Gasteiger partial charge on any atom is -0.388 e. The van der Waals surface area contributed by atoms with Crippen LogP contribution in [0.25, 0.3) is 0 Å². The van der Waals surface area contributed by atoms with Gasteiger partial charge < -0.3 is 15.2 Å². The van der Waals surface area contributed by atoms with E-state index in [0.29, 0.717) is 19.3 Å². The number of hydrogen-bond donors (Lipinski definition) is 2. The van der Waals surface area contributed by atoms with Gasteiger partial charge in [-0.05, 0) is 18.4 Å². The fourth-order valence-corrected chi connectivity index (χ4v) is 2.87. The lowest BCUT2D eigenvalue weighted by Crippen LogP contribution is -2.29. The van der Waals surface area contributed by atoms with E-state index >= 15 is 0 Å². The highest BCUT2D eigenvalue weighted by Crippen LogP contribution is 2.19. The third kappa shape index (κ3) is 6.16. The summed E-state index contributed by atoms with van der Waals surface area (Å²) in [5.41, 5.74) is 0.771. The van der Waals surface area contributed by atoms with E-state index in [-0.39, 0.29) is 12.3 Å². The Balaban J connectivity index is 1.59. The maximum atomic E-state index is 11.8. The summed E-state index contributed by atoms with van der Waals surface area (Å²) in [5.74, 6) is -0.138. The largest absolute Gasteiger partial charge is 0.388 e. The molecule has 4 nitrogen and oxygen atoms in total. The number of nitrogens with one attached hydrogen (secondary N) is 1. The predicted molar refractivity (Wildman–Crippen MR) is 86.5 cm³/mol. The van der Waals surface area contributed by atoms with E-state index in [4.69, 9.17) is 4.74 Å². The maximum Gasteiger partial charge on any atom is 0.223 e. The molecule has 1 aliphatic carbocycles. The smallest absolute Gasteiger partial charge is 0.223 e. The molecule has 4 heteroatoms. The van der Waals surface area contributed by atoms with E-state index < -0.39 is 6.10 Å². The van der Waals surface area contributed by atoms with E-state index in [1.165, 1.54) is 25.7 Å². The van der Waals surface area contributed by atoms with Crippen molar-refractivity contribution in [2.45, 2.75) is 57.2 Å². The average Bonchev–Trinajstić information content (AvgIpc) is 2.81. The number of amides is 1. The first-order valence-corrected chi connectivity index (χ1v) is 8.37. The van der Waals surface area contributed by atoms with Crippen molar-refractivity contribution in [1.82, 2.24) is 5.32 Å². The van der Waals surface area contributed by atoms with Gasteiger partial charge in [0, 0.05) is 6.54 Å². The maximum absolute atomic E-state index is 11.8. The molecule has 0 bridgehead atoms. The predicted octanol–water partition coefficient (Wildman–Crippen LogP) is 2.97. The Bertz CT molecular complexity index is 427. The molecule has 1 amide bonds. The number of aliphatic hydroxyl groups is 1. The van der Waals surface area contributed by atoms with Crippen molar-refractivity contribution in [3.05, 3.63) is 35.9 Å². The molecule has 1 aromatic carbocycles. The summed E-state index contributed by atoms with van der Waals surface area (Å²) in [6.07, 6.45) is 7.11. The lowest BCUT2D eigenvalue weighted by Gasteiger charge is -2.16. The van der Waals surface area contributed by atoms with Gasteiger partial charge >= 0.3 is 0 Å². The van der Waals surface area contributed by atoms with Crippen LogP contribution in [0.5, 0.6) is 0 Å². The molecule has 22 heavy (non-hydrogen) atoms. The van der Waals surface area contributed by atoms with Crippen molar-refractivity contribution in [2.24, 2.45) is 0 Å². The fourth-order valence-electron chi connectivity index (χ4n) is 2.87. The molecule has 1 saturated carbocycles. The number of hydrogen-bond acceptors (Lipinski definition) is 3. The van der Waals surface area contributed by atoms with Crippen LogP contribution < -0.4 is 5.32 Å². The second-order valence-corrected chi connectivity index (χ2v) is 5.96. The van der Waals surface area contributed by atoms with Gasteiger partial charge in [-0.3, -0.25) is 4.79 Å².